The van der Waals surface area contributed by atoms with Crippen molar-refractivity contribution in [3.8, 4) is 0 Å². The summed E-state index contributed by atoms with van der Waals surface area (Å²) < 4.78 is 0. The molecule has 2 aromatic carbocycles. The molecule has 0 fully saturated rings. The molecule has 3 rings (SSSR count). The van der Waals surface area contributed by atoms with Gasteiger partial charge in [0.05, 0.1) is 17.1 Å². The van der Waals surface area contributed by atoms with Gasteiger partial charge in [-0.3, -0.25) is 4.79 Å². The number of amides is 1. The average Bonchev–Trinajstić information content (AvgIpc) is 2.95. The molecule has 4 heteroatoms. The van der Waals surface area contributed by atoms with E-state index in [4.69, 9.17) is 4.98 Å². The van der Waals surface area contributed by atoms with Crippen LogP contribution >= 0.6 is 11.3 Å². The number of nitrogens with zero attached hydrogens (tertiary/aromatic N) is 2. The molecule has 0 aliphatic rings. The van der Waals surface area contributed by atoms with Crippen LogP contribution < -0.4 is 0 Å². The molecule has 0 spiro atoms. The number of thiazole rings is 1. The highest BCUT2D eigenvalue weighted by Crippen LogP contribution is 2.25. The van der Waals surface area contributed by atoms with Gasteiger partial charge in [-0.25, -0.2) is 4.98 Å². The first-order valence-electron chi connectivity index (χ1n) is 8.82. The Balaban J connectivity index is 1.81. The highest BCUT2D eigenvalue weighted by atomic mass is 32.1. The van der Waals surface area contributed by atoms with Gasteiger partial charge in [0.1, 0.15) is 0 Å². The van der Waals surface area contributed by atoms with Crippen molar-refractivity contribution in [2.45, 2.75) is 33.6 Å². The second-order valence-electron chi connectivity index (χ2n) is 6.17. The van der Waals surface area contributed by atoms with Crippen LogP contribution in [0.4, 0.5) is 0 Å². The van der Waals surface area contributed by atoms with Gasteiger partial charge in [0.15, 0.2) is 0 Å². The molecule has 3 aromatic rings. The highest BCUT2D eigenvalue weighted by Gasteiger charge is 2.16. The minimum absolute atomic E-state index is 0.188. The van der Waals surface area contributed by atoms with E-state index in [0.29, 0.717) is 6.42 Å². The van der Waals surface area contributed by atoms with Crippen molar-refractivity contribution < 1.29 is 4.79 Å². The third-order valence-corrected chi connectivity index (χ3v) is 5.74. The maximum Gasteiger partial charge on any atom is 0.227 e. The van der Waals surface area contributed by atoms with Gasteiger partial charge < -0.3 is 4.90 Å². The van der Waals surface area contributed by atoms with E-state index in [2.05, 4.69) is 42.5 Å². The number of likely N-dealkylation sites (N-methyl/N-ethyl adjacent to an activating group) is 1. The molecule has 25 heavy (non-hydrogen) atoms. The number of carbonyl (C=O) groups is 1. The molecule has 0 unspecified atom stereocenters. The SMILES string of the molecule is CCN(CC)C(=O)Cc1sc(Cc2cccc3ccccc23)nc1C. The number of aromatic nitrogens is 1. The number of hydrogen-bond acceptors (Lipinski definition) is 3. The first-order chi connectivity index (χ1) is 12.1. The minimum atomic E-state index is 0.188. The molecule has 0 saturated carbocycles. The van der Waals surface area contributed by atoms with Crippen LogP contribution in [0.2, 0.25) is 0 Å². The summed E-state index contributed by atoms with van der Waals surface area (Å²) in [5.74, 6) is 0.188. The fourth-order valence-electron chi connectivity index (χ4n) is 3.16. The van der Waals surface area contributed by atoms with E-state index >= 15 is 0 Å². The summed E-state index contributed by atoms with van der Waals surface area (Å²) in [7, 11) is 0. The lowest BCUT2D eigenvalue weighted by Crippen LogP contribution is -2.31. The first kappa shape index (κ1) is 17.6. The van der Waals surface area contributed by atoms with E-state index in [9.17, 15) is 4.79 Å². The Kier molecular flexibility index (Phi) is 5.49. The van der Waals surface area contributed by atoms with Crippen LogP contribution in [-0.4, -0.2) is 28.9 Å². The van der Waals surface area contributed by atoms with Crippen LogP contribution in [-0.2, 0) is 17.6 Å². The zero-order chi connectivity index (χ0) is 17.8. The molecule has 0 atom stereocenters. The monoisotopic (exact) mass is 352 g/mol. The van der Waals surface area contributed by atoms with Crippen LogP contribution in [0, 0.1) is 6.92 Å². The number of aryl methyl sites for hydroxylation is 1. The largest absolute Gasteiger partial charge is 0.343 e. The van der Waals surface area contributed by atoms with Crippen molar-refractivity contribution in [1.82, 2.24) is 9.88 Å². The molecule has 0 aliphatic heterocycles. The number of rotatable bonds is 6. The van der Waals surface area contributed by atoms with Gasteiger partial charge in [-0.2, -0.15) is 0 Å². The van der Waals surface area contributed by atoms with Crippen molar-refractivity contribution in [1.29, 1.82) is 0 Å². The van der Waals surface area contributed by atoms with Crippen molar-refractivity contribution in [2.24, 2.45) is 0 Å². The molecular formula is C21H24N2OS. The van der Waals surface area contributed by atoms with Crippen molar-refractivity contribution in [2.75, 3.05) is 13.1 Å². The van der Waals surface area contributed by atoms with Crippen molar-refractivity contribution in [3.63, 3.8) is 0 Å². The second-order valence-corrected chi connectivity index (χ2v) is 7.34. The van der Waals surface area contributed by atoms with E-state index in [1.807, 2.05) is 25.7 Å². The summed E-state index contributed by atoms with van der Waals surface area (Å²) >= 11 is 1.67. The number of carbonyl (C=O) groups excluding carboxylic acids is 1. The molecule has 1 aromatic heterocycles. The molecule has 0 saturated heterocycles. The maximum atomic E-state index is 12.4. The van der Waals surface area contributed by atoms with Crippen LogP contribution in [0.1, 0.15) is 35.0 Å². The van der Waals surface area contributed by atoms with E-state index < -0.39 is 0 Å². The molecular weight excluding hydrogens is 328 g/mol. The number of fused-ring (bicyclic) bond motifs is 1. The molecule has 0 aliphatic carbocycles. The zero-order valence-corrected chi connectivity index (χ0v) is 15.9. The first-order valence-corrected chi connectivity index (χ1v) is 9.63. The average molecular weight is 353 g/mol. The van der Waals surface area contributed by atoms with Gasteiger partial charge in [0.2, 0.25) is 5.91 Å². The summed E-state index contributed by atoms with van der Waals surface area (Å²) in [5.41, 5.74) is 2.27. The minimum Gasteiger partial charge on any atom is -0.343 e. The Morgan fingerprint density at radius 3 is 2.56 bits per heavy atom. The summed E-state index contributed by atoms with van der Waals surface area (Å²) in [6, 6.07) is 14.8. The topological polar surface area (TPSA) is 33.2 Å². The predicted octanol–water partition coefficient (Wildman–Crippen LogP) is 4.61. The van der Waals surface area contributed by atoms with Crippen LogP contribution in [0.3, 0.4) is 0 Å². The predicted molar refractivity (Wildman–Crippen MR) is 105 cm³/mol. The summed E-state index contributed by atoms with van der Waals surface area (Å²) in [6.07, 6.45) is 1.27. The van der Waals surface area contributed by atoms with Crippen LogP contribution in [0.5, 0.6) is 0 Å². The van der Waals surface area contributed by atoms with Crippen LogP contribution in [0.25, 0.3) is 10.8 Å². The van der Waals surface area contributed by atoms with Gasteiger partial charge in [0.25, 0.3) is 0 Å². The molecule has 1 amide bonds. The lowest BCUT2D eigenvalue weighted by Gasteiger charge is -2.18. The second kappa shape index (κ2) is 7.79. The fraction of sp³-hybridized carbons (Fsp3) is 0.333. The molecule has 0 N–H and O–H groups in total. The Bertz CT molecular complexity index is 875. The standard InChI is InChI=1S/C21H24N2OS/c1-4-23(5-2)21(24)14-19-15(3)22-20(25-19)13-17-11-8-10-16-9-6-7-12-18(16)17/h6-12H,4-5,13-14H2,1-3H3. The smallest absolute Gasteiger partial charge is 0.227 e. The fourth-order valence-corrected chi connectivity index (χ4v) is 4.25. The lowest BCUT2D eigenvalue weighted by atomic mass is 10.0. The lowest BCUT2D eigenvalue weighted by molar-refractivity contribution is -0.130. The van der Waals surface area contributed by atoms with E-state index in [1.54, 1.807) is 11.3 Å². The highest BCUT2D eigenvalue weighted by molar-refractivity contribution is 7.11. The molecule has 1 heterocycles. The quantitative estimate of drug-likeness (QED) is 0.649. The third kappa shape index (κ3) is 3.90. The van der Waals surface area contributed by atoms with Gasteiger partial charge >= 0.3 is 0 Å². The zero-order valence-electron chi connectivity index (χ0n) is 15.1. The van der Waals surface area contributed by atoms with Gasteiger partial charge in [0, 0.05) is 24.4 Å². The normalized spacial score (nSPS) is 11.0. The third-order valence-electron chi connectivity index (χ3n) is 4.59. The Hall–Kier alpha value is -2.20. The Morgan fingerprint density at radius 2 is 1.80 bits per heavy atom. The van der Waals surface area contributed by atoms with E-state index in [1.165, 1.54) is 16.3 Å². The van der Waals surface area contributed by atoms with E-state index in [-0.39, 0.29) is 5.91 Å². The summed E-state index contributed by atoms with van der Waals surface area (Å²) in [5, 5.41) is 3.61. The van der Waals surface area contributed by atoms with Crippen molar-refractivity contribution in [3.05, 3.63) is 63.6 Å². The molecule has 0 radical (unpaired) electrons. The number of benzene rings is 2. The van der Waals surface area contributed by atoms with Gasteiger partial charge in [-0.15, -0.1) is 11.3 Å². The Labute approximate surface area is 153 Å². The molecule has 0 bridgehead atoms. The van der Waals surface area contributed by atoms with Gasteiger partial charge in [-0.05, 0) is 37.1 Å². The number of hydrogen-bond donors (Lipinski definition) is 0. The van der Waals surface area contributed by atoms with Gasteiger partial charge in [-0.1, -0.05) is 42.5 Å². The van der Waals surface area contributed by atoms with Crippen molar-refractivity contribution >= 4 is 28.0 Å². The van der Waals surface area contributed by atoms with E-state index in [0.717, 1.165) is 35.1 Å². The van der Waals surface area contributed by atoms with Crippen LogP contribution in [0.15, 0.2) is 42.5 Å². The Morgan fingerprint density at radius 1 is 1.08 bits per heavy atom. The summed E-state index contributed by atoms with van der Waals surface area (Å²) in [4.78, 5) is 20.1. The maximum absolute atomic E-state index is 12.4. The molecule has 3 nitrogen and oxygen atoms in total. The molecule has 130 valence electrons. The summed E-state index contributed by atoms with van der Waals surface area (Å²) in [6.45, 7) is 7.57.